The summed E-state index contributed by atoms with van der Waals surface area (Å²) in [6.45, 7) is 5.58. The predicted octanol–water partition coefficient (Wildman–Crippen LogP) is 4.77. The Labute approximate surface area is 223 Å². The van der Waals surface area contributed by atoms with Crippen LogP contribution in [0.2, 0.25) is 0 Å². The molecule has 0 bridgehead atoms. The first kappa shape index (κ1) is 24.6. The number of fused-ring (bicyclic) bond motifs is 4. The monoisotopic (exact) mass is 522 g/mol. The second-order valence-electron chi connectivity index (χ2n) is 12.8. The molecular weight excluding hydrogens is 483 g/mol. The molecule has 3 heterocycles. The molecule has 6 atom stereocenters. The van der Waals surface area contributed by atoms with E-state index < -0.39 is 12.3 Å². The molecule has 1 saturated heterocycles. The zero-order valence-corrected chi connectivity index (χ0v) is 22.5. The van der Waals surface area contributed by atoms with Gasteiger partial charge in [0.05, 0.1) is 12.6 Å². The van der Waals surface area contributed by atoms with Gasteiger partial charge in [0.15, 0.2) is 5.69 Å². The summed E-state index contributed by atoms with van der Waals surface area (Å²) in [4.78, 5) is 19.5. The summed E-state index contributed by atoms with van der Waals surface area (Å²) in [5.41, 5.74) is 4.46. The van der Waals surface area contributed by atoms with Crippen molar-refractivity contribution in [3.8, 4) is 5.88 Å². The molecule has 7 rings (SSSR count). The Bertz CT molecular complexity index is 1240. The lowest BCUT2D eigenvalue weighted by Gasteiger charge is -2.34. The lowest BCUT2D eigenvalue weighted by molar-refractivity contribution is 0.00794. The van der Waals surface area contributed by atoms with Gasteiger partial charge in [0.1, 0.15) is 12.3 Å². The van der Waals surface area contributed by atoms with Gasteiger partial charge in [0.2, 0.25) is 5.88 Å². The summed E-state index contributed by atoms with van der Waals surface area (Å²) in [5.74, 6) is 2.97. The number of aliphatic hydroxyl groups excluding tert-OH is 1. The van der Waals surface area contributed by atoms with Gasteiger partial charge in [-0.25, -0.2) is 9.37 Å². The third-order valence-electron chi connectivity index (χ3n) is 10.5. The van der Waals surface area contributed by atoms with Crippen LogP contribution >= 0.6 is 0 Å². The third-order valence-corrected chi connectivity index (χ3v) is 10.5. The maximum absolute atomic E-state index is 14.2. The van der Waals surface area contributed by atoms with Gasteiger partial charge in [-0.2, -0.15) is 5.10 Å². The average Bonchev–Trinajstić information content (AvgIpc) is 3.16. The van der Waals surface area contributed by atoms with Crippen molar-refractivity contribution in [3.05, 3.63) is 40.8 Å². The van der Waals surface area contributed by atoms with Crippen LogP contribution < -0.4 is 4.74 Å². The van der Waals surface area contributed by atoms with Crippen molar-refractivity contribution < 1.29 is 19.0 Å². The maximum atomic E-state index is 14.2. The SMILES string of the molecule is Cc1cccnc1OC1CCC(CCCn2nc(C(=O)N3CC[C@H](O)[C@H](F)C3)c3c2C2C[C@@]4(C)[C@H]2[C@H]34)CC1. The number of aryl methyl sites for hydroxylation is 2. The van der Waals surface area contributed by atoms with Crippen molar-refractivity contribution in [2.24, 2.45) is 17.3 Å². The Morgan fingerprint density at radius 2 is 2.08 bits per heavy atom. The number of rotatable bonds is 7. The topological polar surface area (TPSA) is 80.5 Å². The highest BCUT2D eigenvalue weighted by Crippen LogP contribution is 2.86. The standard InChI is InChI=1S/C30H39FN4O3/c1-17-5-3-12-32-28(17)38-19-9-7-18(8-10-19)6-4-13-35-27-20-15-30(2)24(20)25(30)23(27)26(33-35)29(37)34-14-11-22(36)21(31)16-34/h3,5,12,18-22,24-25,36H,4,6-11,13-16H2,1-2H3/t18?,19?,20?,21-,22+,24-,25+,30+/m1/s1. The number of halogens is 1. The minimum atomic E-state index is -1.38. The Kier molecular flexibility index (Phi) is 5.84. The van der Waals surface area contributed by atoms with Crippen LogP contribution in [0.4, 0.5) is 4.39 Å². The Morgan fingerprint density at radius 3 is 2.84 bits per heavy atom. The van der Waals surface area contributed by atoms with E-state index in [9.17, 15) is 14.3 Å². The minimum Gasteiger partial charge on any atom is -0.474 e. The first-order valence-electron chi connectivity index (χ1n) is 14.7. The van der Waals surface area contributed by atoms with Crippen LogP contribution in [0.15, 0.2) is 18.3 Å². The molecule has 2 aromatic heterocycles. The summed E-state index contributed by atoms with van der Waals surface area (Å²) in [7, 11) is 0. The van der Waals surface area contributed by atoms with Gasteiger partial charge in [-0.3, -0.25) is 9.48 Å². The number of pyridine rings is 1. The number of aliphatic hydroxyl groups is 1. The third kappa shape index (κ3) is 3.81. The Balaban J connectivity index is 0.984. The fourth-order valence-electron chi connectivity index (χ4n) is 8.33. The Hall–Kier alpha value is -2.48. The molecule has 1 N–H and O–H groups in total. The number of amides is 1. The van der Waals surface area contributed by atoms with E-state index in [0.717, 1.165) is 43.7 Å². The first-order valence-corrected chi connectivity index (χ1v) is 14.7. The molecule has 1 aliphatic heterocycles. The summed E-state index contributed by atoms with van der Waals surface area (Å²) < 4.78 is 22.5. The van der Waals surface area contributed by atoms with Crippen LogP contribution in [0.3, 0.4) is 0 Å². The molecular formula is C30H39FN4O3. The summed E-state index contributed by atoms with van der Waals surface area (Å²) in [6.07, 6.45) is 7.90. The maximum Gasteiger partial charge on any atom is 0.274 e. The van der Waals surface area contributed by atoms with Gasteiger partial charge in [-0.05, 0) is 87.5 Å². The second-order valence-corrected chi connectivity index (χ2v) is 12.8. The minimum absolute atomic E-state index is 0.0390. The molecule has 38 heavy (non-hydrogen) atoms. The zero-order chi connectivity index (χ0) is 26.2. The van der Waals surface area contributed by atoms with Crippen LogP contribution in [-0.4, -0.2) is 62.1 Å². The van der Waals surface area contributed by atoms with E-state index in [1.807, 2.05) is 19.1 Å². The van der Waals surface area contributed by atoms with Crippen molar-refractivity contribution in [2.45, 2.75) is 102 Å². The molecule has 204 valence electrons. The number of aromatic nitrogens is 3. The molecule has 4 aliphatic carbocycles. The molecule has 0 spiro atoms. The van der Waals surface area contributed by atoms with Crippen molar-refractivity contribution in [1.82, 2.24) is 19.7 Å². The molecule has 3 saturated carbocycles. The van der Waals surface area contributed by atoms with Crippen molar-refractivity contribution in [2.75, 3.05) is 13.1 Å². The van der Waals surface area contributed by atoms with E-state index in [-0.39, 0.29) is 25.0 Å². The number of likely N-dealkylation sites (tertiary alicyclic amines) is 1. The highest BCUT2D eigenvalue weighted by Gasteiger charge is 2.79. The molecule has 2 aromatic rings. The zero-order valence-electron chi connectivity index (χ0n) is 22.5. The van der Waals surface area contributed by atoms with Crippen LogP contribution in [0.5, 0.6) is 5.88 Å². The lowest BCUT2D eigenvalue weighted by Crippen LogP contribution is -2.47. The molecule has 0 aromatic carbocycles. The van der Waals surface area contributed by atoms with E-state index >= 15 is 0 Å². The van der Waals surface area contributed by atoms with E-state index in [2.05, 4.69) is 16.6 Å². The fraction of sp³-hybridized carbons (Fsp3) is 0.700. The fourth-order valence-corrected chi connectivity index (χ4v) is 8.33. The summed E-state index contributed by atoms with van der Waals surface area (Å²) in [6, 6.07) is 3.99. The second kappa shape index (κ2) is 9.04. The number of carbonyl (C=O) groups excluding carboxylic acids is 1. The Morgan fingerprint density at radius 1 is 1.26 bits per heavy atom. The smallest absolute Gasteiger partial charge is 0.274 e. The van der Waals surface area contributed by atoms with Gasteiger partial charge in [0.25, 0.3) is 5.91 Å². The molecule has 1 amide bonds. The molecule has 7 nitrogen and oxygen atoms in total. The normalized spacial score (nSPS) is 36.8. The number of carbonyl (C=O) groups is 1. The van der Waals surface area contributed by atoms with E-state index in [0.29, 0.717) is 41.3 Å². The van der Waals surface area contributed by atoms with Crippen molar-refractivity contribution >= 4 is 5.91 Å². The number of hydrogen-bond donors (Lipinski definition) is 1. The quantitative estimate of drug-likeness (QED) is 0.567. The highest BCUT2D eigenvalue weighted by atomic mass is 19.1. The van der Waals surface area contributed by atoms with E-state index in [4.69, 9.17) is 9.84 Å². The molecule has 4 fully saturated rings. The predicted molar refractivity (Wildman–Crippen MR) is 140 cm³/mol. The molecule has 0 radical (unpaired) electrons. The number of alkyl halides is 1. The summed E-state index contributed by atoms with van der Waals surface area (Å²) in [5, 5.41) is 14.7. The van der Waals surface area contributed by atoms with Crippen molar-refractivity contribution in [1.29, 1.82) is 0 Å². The van der Waals surface area contributed by atoms with Gasteiger partial charge < -0.3 is 14.7 Å². The van der Waals surface area contributed by atoms with E-state index in [1.165, 1.54) is 30.5 Å². The number of ether oxygens (including phenoxy) is 1. The van der Waals surface area contributed by atoms with Crippen molar-refractivity contribution in [3.63, 3.8) is 0 Å². The van der Waals surface area contributed by atoms with E-state index in [1.54, 1.807) is 11.1 Å². The number of piperidine rings is 1. The van der Waals surface area contributed by atoms with Crippen LogP contribution in [0.1, 0.15) is 97.4 Å². The number of hydrogen-bond acceptors (Lipinski definition) is 5. The summed E-state index contributed by atoms with van der Waals surface area (Å²) >= 11 is 0. The van der Waals surface area contributed by atoms with Gasteiger partial charge in [-0.15, -0.1) is 0 Å². The van der Waals surface area contributed by atoms with Crippen LogP contribution in [0.25, 0.3) is 0 Å². The average molecular weight is 523 g/mol. The van der Waals surface area contributed by atoms with Gasteiger partial charge in [-0.1, -0.05) is 13.0 Å². The number of nitrogens with zero attached hydrogens (tertiary/aromatic N) is 4. The molecule has 1 unspecified atom stereocenters. The van der Waals surface area contributed by atoms with Gasteiger partial charge in [0, 0.05) is 42.0 Å². The first-order chi connectivity index (χ1) is 18.3. The lowest BCUT2D eigenvalue weighted by atomic mass is 9.71. The molecule has 5 aliphatic rings. The molecule has 8 heteroatoms. The van der Waals surface area contributed by atoms with Gasteiger partial charge >= 0.3 is 0 Å². The van der Waals surface area contributed by atoms with Crippen LogP contribution in [0, 0.1) is 24.2 Å². The highest BCUT2D eigenvalue weighted by molar-refractivity contribution is 5.95. The van der Waals surface area contributed by atoms with Crippen LogP contribution in [-0.2, 0) is 6.54 Å². The largest absolute Gasteiger partial charge is 0.474 e.